The number of pyridine rings is 1. The van der Waals surface area contributed by atoms with E-state index in [1.165, 1.54) is 4.57 Å². The number of H-pyrrole nitrogens is 1. The van der Waals surface area contributed by atoms with Crippen LogP contribution < -0.4 is 11.2 Å². The summed E-state index contributed by atoms with van der Waals surface area (Å²) < 4.78 is 2.86. The zero-order valence-electron chi connectivity index (χ0n) is 14.4. The molecule has 130 valence electrons. The van der Waals surface area contributed by atoms with Crippen LogP contribution in [-0.2, 0) is 13.1 Å². The predicted octanol–water partition coefficient (Wildman–Crippen LogP) is 2.27. The minimum atomic E-state index is -0.317. The normalized spacial score (nSPS) is 11.6. The second-order valence-electron chi connectivity index (χ2n) is 5.83. The molecule has 0 aliphatic rings. The van der Waals surface area contributed by atoms with Crippen LogP contribution in [0.15, 0.2) is 34.1 Å². The van der Waals surface area contributed by atoms with Gasteiger partial charge in [0, 0.05) is 25.5 Å². The standard InChI is InChI=1S/C18H21N5O2/c1-3-10-22-16-15(17(24)23(11-4-2)18(22)25)20-14(21-16)8-7-13-6-5-9-19-12-13/h5-9,12H,3-4,10-11H2,1-2H3,(H,20,21). The highest BCUT2D eigenvalue weighted by Crippen LogP contribution is 2.10. The van der Waals surface area contributed by atoms with Crippen LogP contribution in [0.25, 0.3) is 23.3 Å². The summed E-state index contributed by atoms with van der Waals surface area (Å²) in [5.41, 5.74) is 1.10. The van der Waals surface area contributed by atoms with Gasteiger partial charge in [0.05, 0.1) is 0 Å². The predicted molar refractivity (Wildman–Crippen MR) is 98.4 cm³/mol. The summed E-state index contributed by atoms with van der Waals surface area (Å²) in [5.74, 6) is 0.537. The van der Waals surface area contributed by atoms with Gasteiger partial charge in [-0.05, 0) is 36.6 Å². The van der Waals surface area contributed by atoms with E-state index in [4.69, 9.17) is 0 Å². The van der Waals surface area contributed by atoms with Crippen LogP contribution >= 0.6 is 0 Å². The van der Waals surface area contributed by atoms with Gasteiger partial charge in [-0.2, -0.15) is 0 Å². The molecule has 7 nitrogen and oxygen atoms in total. The third-order valence-corrected chi connectivity index (χ3v) is 3.89. The van der Waals surface area contributed by atoms with Crippen molar-refractivity contribution < 1.29 is 0 Å². The van der Waals surface area contributed by atoms with Crippen LogP contribution in [0.2, 0.25) is 0 Å². The molecule has 3 rings (SSSR count). The number of rotatable bonds is 6. The Morgan fingerprint density at radius 2 is 1.88 bits per heavy atom. The lowest BCUT2D eigenvalue weighted by molar-refractivity contribution is 0.555. The topological polar surface area (TPSA) is 85.6 Å². The molecule has 0 saturated carbocycles. The number of hydrogen-bond donors (Lipinski definition) is 1. The quantitative estimate of drug-likeness (QED) is 0.746. The molecular formula is C18H21N5O2. The second-order valence-corrected chi connectivity index (χ2v) is 5.83. The Labute approximate surface area is 144 Å². The van der Waals surface area contributed by atoms with Gasteiger partial charge in [-0.1, -0.05) is 19.9 Å². The Morgan fingerprint density at radius 1 is 1.12 bits per heavy atom. The summed E-state index contributed by atoms with van der Waals surface area (Å²) in [6, 6.07) is 3.77. The van der Waals surface area contributed by atoms with Crippen molar-refractivity contribution >= 4 is 23.3 Å². The molecule has 0 radical (unpaired) electrons. The van der Waals surface area contributed by atoms with E-state index in [1.54, 1.807) is 23.0 Å². The molecule has 0 saturated heterocycles. The van der Waals surface area contributed by atoms with Gasteiger partial charge in [-0.25, -0.2) is 9.78 Å². The highest BCUT2D eigenvalue weighted by atomic mass is 16.2. The Balaban J connectivity index is 2.14. The molecule has 3 aromatic rings. The van der Waals surface area contributed by atoms with E-state index < -0.39 is 0 Å². The minimum Gasteiger partial charge on any atom is -0.333 e. The van der Waals surface area contributed by atoms with E-state index in [2.05, 4.69) is 15.0 Å². The Kier molecular flexibility index (Phi) is 4.92. The molecular weight excluding hydrogens is 318 g/mol. The van der Waals surface area contributed by atoms with Gasteiger partial charge >= 0.3 is 5.69 Å². The summed E-state index contributed by atoms with van der Waals surface area (Å²) in [6.07, 6.45) is 8.58. The summed E-state index contributed by atoms with van der Waals surface area (Å²) in [4.78, 5) is 36.8. The molecule has 0 bridgehead atoms. The molecule has 3 aromatic heterocycles. The smallest absolute Gasteiger partial charge is 0.332 e. The number of hydrogen-bond acceptors (Lipinski definition) is 4. The highest BCUT2D eigenvalue weighted by Gasteiger charge is 2.15. The first kappa shape index (κ1) is 16.9. The van der Waals surface area contributed by atoms with Gasteiger partial charge in [0.1, 0.15) is 11.3 Å². The summed E-state index contributed by atoms with van der Waals surface area (Å²) in [6.45, 7) is 4.85. The molecule has 0 aliphatic heterocycles. The highest BCUT2D eigenvalue weighted by molar-refractivity contribution is 5.75. The van der Waals surface area contributed by atoms with Crippen molar-refractivity contribution in [3.05, 3.63) is 56.8 Å². The Morgan fingerprint density at radius 3 is 2.56 bits per heavy atom. The molecule has 7 heteroatoms. The van der Waals surface area contributed by atoms with Crippen molar-refractivity contribution in [1.29, 1.82) is 0 Å². The number of aromatic nitrogens is 5. The Bertz CT molecular complexity index is 1010. The fourth-order valence-electron chi connectivity index (χ4n) is 2.76. The van der Waals surface area contributed by atoms with Crippen molar-refractivity contribution in [3.8, 4) is 0 Å². The van der Waals surface area contributed by atoms with Crippen molar-refractivity contribution in [2.45, 2.75) is 39.8 Å². The molecule has 3 heterocycles. The van der Waals surface area contributed by atoms with Crippen LogP contribution in [-0.4, -0.2) is 24.1 Å². The molecule has 25 heavy (non-hydrogen) atoms. The average molecular weight is 339 g/mol. The van der Waals surface area contributed by atoms with E-state index in [-0.39, 0.29) is 11.2 Å². The number of fused-ring (bicyclic) bond motifs is 1. The molecule has 0 spiro atoms. The third-order valence-electron chi connectivity index (χ3n) is 3.89. The monoisotopic (exact) mass is 339 g/mol. The van der Waals surface area contributed by atoms with E-state index in [1.807, 2.05) is 32.1 Å². The van der Waals surface area contributed by atoms with Crippen LogP contribution in [0, 0.1) is 0 Å². The first-order valence-electron chi connectivity index (χ1n) is 8.47. The van der Waals surface area contributed by atoms with Gasteiger partial charge in [-0.15, -0.1) is 0 Å². The van der Waals surface area contributed by atoms with E-state index in [9.17, 15) is 9.59 Å². The van der Waals surface area contributed by atoms with Gasteiger partial charge in [-0.3, -0.25) is 18.9 Å². The first-order chi connectivity index (χ1) is 12.2. The molecule has 0 amide bonds. The zero-order chi connectivity index (χ0) is 17.8. The molecule has 0 atom stereocenters. The summed E-state index contributed by atoms with van der Waals surface area (Å²) >= 11 is 0. The van der Waals surface area contributed by atoms with Crippen LogP contribution in [0.1, 0.15) is 38.1 Å². The maximum absolute atomic E-state index is 12.6. The van der Waals surface area contributed by atoms with Crippen LogP contribution in [0.5, 0.6) is 0 Å². The van der Waals surface area contributed by atoms with Gasteiger partial charge in [0.25, 0.3) is 5.56 Å². The van der Waals surface area contributed by atoms with Gasteiger partial charge in [0.2, 0.25) is 0 Å². The number of aromatic amines is 1. The summed E-state index contributed by atoms with van der Waals surface area (Å²) in [5, 5.41) is 0. The fraction of sp³-hybridized carbons (Fsp3) is 0.333. The zero-order valence-corrected chi connectivity index (χ0v) is 14.4. The van der Waals surface area contributed by atoms with Gasteiger partial charge in [0.15, 0.2) is 5.65 Å². The first-order valence-corrected chi connectivity index (χ1v) is 8.47. The Hall–Kier alpha value is -2.96. The molecule has 0 aromatic carbocycles. The SMILES string of the molecule is CCCn1c(=O)c2[nH]c(C=Cc3cccnc3)nc2n(CCC)c1=O. The minimum absolute atomic E-state index is 0.296. The van der Waals surface area contributed by atoms with Crippen molar-refractivity contribution in [1.82, 2.24) is 24.1 Å². The number of imidazole rings is 1. The molecule has 0 aliphatic carbocycles. The summed E-state index contributed by atoms with van der Waals surface area (Å²) in [7, 11) is 0. The van der Waals surface area contributed by atoms with Crippen LogP contribution in [0.4, 0.5) is 0 Å². The van der Waals surface area contributed by atoms with Crippen molar-refractivity contribution in [3.63, 3.8) is 0 Å². The fourth-order valence-corrected chi connectivity index (χ4v) is 2.76. The third kappa shape index (κ3) is 3.31. The second kappa shape index (κ2) is 7.29. The van der Waals surface area contributed by atoms with Crippen molar-refractivity contribution in [2.24, 2.45) is 0 Å². The lowest BCUT2D eigenvalue weighted by atomic mass is 10.2. The maximum atomic E-state index is 12.6. The number of aryl methyl sites for hydroxylation is 1. The molecule has 1 N–H and O–H groups in total. The lowest BCUT2D eigenvalue weighted by Crippen LogP contribution is -2.40. The largest absolute Gasteiger partial charge is 0.333 e. The van der Waals surface area contributed by atoms with E-state index >= 15 is 0 Å². The average Bonchev–Trinajstić information content (AvgIpc) is 3.06. The van der Waals surface area contributed by atoms with Crippen molar-refractivity contribution in [2.75, 3.05) is 0 Å². The molecule has 0 fully saturated rings. The number of nitrogens with zero attached hydrogens (tertiary/aromatic N) is 4. The lowest BCUT2D eigenvalue weighted by Gasteiger charge is -2.09. The van der Waals surface area contributed by atoms with Gasteiger partial charge < -0.3 is 4.98 Å². The van der Waals surface area contributed by atoms with Crippen LogP contribution in [0.3, 0.4) is 0 Å². The maximum Gasteiger partial charge on any atom is 0.332 e. The molecule has 0 unspecified atom stereocenters. The van der Waals surface area contributed by atoms with E-state index in [0.29, 0.717) is 36.5 Å². The van der Waals surface area contributed by atoms with E-state index in [0.717, 1.165) is 12.0 Å². The number of nitrogens with one attached hydrogen (secondary N) is 1.